The minimum Gasteiger partial charge on any atom is -0.393 e. The molecule has 1 N–H and O–H groups in total. The van der Waals surface area contributed by atoms with Crippen LogP contribution in [0.2, 0.25) is 0 Å². The highest BCUT2D eigenvalue weighted by Gasteiger charge is 2.02. The minimum atomic E-state index is -0.0484. The first-order valence-electron chi connectivity index (χ1n) is 14.9. The summed E-state index contributed by atoms with van der Waals surface area (Å²) in [7, 11) is 0. The first-order chi connectivity index (χ1) is 15.7. The largest absolute Gasteiger partial charge is 0.393 e. The van der Waals surface area contributed by atoms with E-state index in [2.05, 4.69) is 13.8 Å². The van der Waals surface area contributed by atoms with Crippen molar-refractivity contribution in [3.63, 3.8) is 0 Å². The number of hydrogen-bond donors (Lipinski definition) is 1. The first kappa shape index (κ1) is 31.6. The molecule has 0 rings (SSSR count). The van der Waals surface area contributed by atoms with Gasteiger partial charge in [-0.15, -0.1) is 0 Å². The summed E-state index contributed by atoms with van der Waals surface area (Å²) in [6.45, 7) is 4.34. The highest BCUT2D eigenvalue weighted by atomic mass is 16.3. The van der Waals surface area contributed by atoms with Gasteiger partial charge in [-0.1, -0.05) is 142 Å². The SMILES string of the molecule is CCCCCC(=O)CCCCCCCCCCCCCCCCCCCC[C@H](O)CCC. The second-order valence-corrected chi connectivity index (χ2v) is 10.3. The molecule has 0 aromatic heterocycles. The van der Waals surface area contributed by atoms with Gasteiger partial charge in [0.2, 0.25) is 0 Å². The van der Waals surface area contributed by atoms with E-state index in [0.717, 1.165) is 44.9 Å². The van der Waals surface area contributed by atoms with Crippen molar-refractivity contribution < 1.29 is 9.90 Å². The maximum Gasteiger partial charge on any atom is 0.132 e. The Balaban J connectivity index is 3.10. The maximum atomic E-state index is 11.7. The summed E-state index contributed by atoms with van der Waals surface area (Å²) >= 11 is 0. The van der Waals surface area contributed by atoms with Crippen molar-refractivity contribution in [3.8, 4) is 0 Å². The summed E-state index contributed by atoms with van der Waals surface area (Å²) < 4.78 is 0. The second kappa shape index (κ2) is 26.9. The fourth-order valence-electron chi connectivity index (χ4n) is 4.71. The molecule has 0 radical (unpaired) electrons. The number of aliphatic hydroxyl groups excluding tert-OH is 1. The molecule has 0 saturated heterocycles. The van der Waals surface area contributed by atoms with Crippen molar-refractivity contribution in [2.75, 3.05) is 0 Å². The zero-order valence-corrected chi connectivity index (χ0v) is 22.3. The molecule has 1 atom stereocenters. The topological polar surface area (TPSA) is 37.3 Å². The van der Waals surface area contributed by atoms with E-state index in [1.807, 2.05) is 0 Å². The van der Waals surface area contributed by atoms with E-state index >= 15 is 0 Å². The minimum absolute atomic E-state index is 0.0484. The van der Waals surface area contributed by atoms with Crippen LogP contribution < -0.4 is 0 Å². The van der Waals surface area contributed by atoms with E-state index in [-0.39, 0.29) is 6.10 Å². The van der Waals surface area contributed by atoms with Crippen LogP contribution in [0.4, 0.5) is 0 Å². The Morgan fingerprint density at radius 2 is 0.812 bits per heavy atom. The average Bonchev–Trinajstić information content (AvgIpc) is 2.78. The monoisotopic (exact) mass is 452 g/mol. The van der Waals surface area contributed by atoms with E-state index in [1.54, 1.807) is 0 Å². The number of aliphatic hydroxyl groups is 1. The van der Waals surface area contributed by atoms with Gasteiger partial charge in [0.1, 0.15) is 5.78 Å². The van der Waals surface area contributed by atoms with Crippen molar-refractivity contribution in [1.82, 2.24) is 0 Å². The van der Waals surface area contributed by atoms with Gasteiger partial charge in [0.15, 0.2) is 0 Å². The van der Waals surface area contributed by atoms with Crippen molar-refractivity contribution in [2.45, 2.75) is 187 Å². The Morgan fingerprint density at radius 1 is 0.469 bits per heavy atom. The molecular formula is C30H60O2. The van der Waals surface area contributed by atoms with Gasteiger partial charge in [0, 0.05) is 12.8 Å². The summed E-state index contributed by atoms with van der Waals surface area (Å²) in [5.41, 5.74) is 0. The van der Waals surface area contributed by atoms with Crippen LogP contribution in [0.5, 0.6) is 0 Å². The van der Waals surface area contributed by atoms with Crippen LogP contribution in [-0.2, 0) is 4.79 Å². The lowest BCUT2D eigenvalue weighted by atomic mass is 10.0. The number of Topliss-reactive ketones (excluding diaryl/α,β-unsaturated/α-hetero) is 1. The molecule has 0 amide bonds. The summed E-state index contributed by atoms with van der Waals surface area (Å²) in [5.74, 6) is 0.494. The number of rotatable bonds is 27. The van der Waals surface area contributed by atoms with Crippen molar-refractivity contribution in [3.05, 3.63) is 0 Å². The number of carbonyl (C=O) groups excluding carboxylic acids is 1. The summed E-state index contributed by atoms with van der Waals surface area (Å²) in [5, 5.41) is 9.72. The highest BCUT2D eigenvalue weighted by molar-refractivity contribution is 5.78. The fourth-order valence-corrected chi connectivity index (χ4v) is 4.71. The van der Waals surface area contributed by atoms with Gasteiger partial charge < -0.3 is 5.11 Å². The van der Waals surface area contributed by atoms with Gasteiger partial charge in [0.25, 0.3) is 0 Å². The lowest BCUT2D eigenvalue weighted by molar-refractivity contribution is -0.119. The van der Waals surface area contributed by atoms with Gasteiger partial charge >= 0.3 is 0 Å². The Hall–Kier alpha value is -0.370. The third-order valence-electron chi connectivity index (χ3n) is 6.92. The van der Waals surface area contributed by atoms with Crippen molar-refractivity contribution in [2.24, 2.45) is 0 Å². The molecule has 0 unspecified atom stereocenters. The predicted molar refractivity (Wildman–Crippen MR) is 142 cm³/mol. The molecule has 0 spiro atoms. The highest BCUT2D eigenvalue weighted by Crippen LogP contribution is 2.16. The average molecular weight is 453 g/mol. The lowest BCUT2D eigenvalue weighted by Crippen LogP contribution is -2.04. The predicted octanol–water partition coefficient (Wildman–Crippen LogP) is 10.1. The standard InChI is InChI=1S/C30H60O2/c1-3-5-22-26-30(32)28-24-21-19-17-15-13-11-9-7-6-8-10-12-14-16-18-20-23-27-29(31)25-4-2/h29,31H,3-28H2,1-2H3/t29-/m1/s1. The quantitative estimate of drug-likeness (QED) is 0.126. The van der Waals surface area contributed by atoms with Crippen LogP contribution in [0.15, 0.2) is 0 Å². The molecule has 0 fully saturated rings. The van der Waals surface area contributed by atoms with Crippen LogP contribution in [0.25, 0.3) is 0 Å². The molecule has 0 aliphatic rings. The van der Waals surface area contributed by atoms with Gasteiger partial charge in [-0.3, -0.25) is 4.79 Å². The number of ketones is 1. The van der Waals surface area contributed by atoms with E-state index in [1.165, 1.54) is 122 Å². The Morgan fingerprint density at radius 3 is 1.19 bits per heavy atom. The molecule has 2 heteroatoms. The fraction of sp³-hybridized carbons (Fsp3) is 0.967. The first-order valence-corrected chi connectivity index (χ1v) is 14.9. The Bertz CT molecular complexity index is 366. The molecule has 0 aromatic rings. The third kappa shape index (κ3) is 25.9. The summed E-state index contributed by atoms with van der Waals surface area (Å²) in [6, 6.07) is 0. The Labute approximate surface area is 202 Å². The van der Waals surface area contributed by atoms with Crippen LogP contribution >= 0.6 is 0 Å². The van der Waals surface area contributed by atoms with Crippen molar-refractivity contribution >= 4 is 5.78 Å². The van der Waals surface area contributed by atoms with Gasteiger partial charge in [-0.2, -0.15) is 0 Å². The number of unbranched alkanes of at least 4 members (excludes halogenated alkanes) is 19. The normalized spacial score (nSPS) is 12.3. The summed E-state index contributed by atoms with van der Waals surface area (Å²) in [6.07, 6.45) is 32.7. The van der Waals surface area contributed by atoms with Gasteiger partial charge in [-0.05, 0) is 25.7 Å². The third-order valence-corrected chi connectivity index (χ3v) is 6.92. The van der Waals surface area contributed by atoms with E-state index in [0.29, 0.717) is 5.78 Å². The molecule has 192 valence electrons. The molecule has 0 aliphatic carbocycles. The van der Waals surface area contributed by atoms with E-state index in [4.69, 9.17) is 0 Å². The molecule has 32 heavy (non-hydrogen) atoms. The van der Waals surface area contributed by atoms with Crippen LogP contribution in [0, 0.1) is 0 Å². The molecular weight excluding hydrogens is 392 g/mol. The summed E-state index contributed by atoms with van der Waals surface area (Å²) in [4.78, 5) is 11.7. The van der Waals surface area contributed by atoms with Crippen LogP contribution in [0.3, 0.4) is 0 Å². The Kier molecular flexibility index (Phi) is 26.6. The smallest absolute Gasteiger partial charge is 0.132 e. The van der Waals surface area contributed by atoms with E-state index in [9.17, 15) is 9.90 Å². The molecule has 2 nitrogen and oxygen atoms in total. The zero-order valence-electron chi connectivity index (χ0n) is 22.3. The number of carbonyl (C=O) groups is 1. The van der Waals surface area contributed by atoms with Gasteiger partial charge in [-0.25, -0.2) is 0 Å². The molecule has 0 heterocycles. The van der Waals surface area contributed by atoms with E-state index < -0.39 is 0 Å². The second-order valence-electron chi connectivity index (χ2n) is 10.3. The zero-order chi connectivity index (χ0) is 23.5. The molecule has 0 saturated carbocycles. The molecule has 0 bridgehead atoms. The van der Waals surface area contributed by atoms with Gasteiger partial charge in [0.05, 0.1) is 6.10 Å². The molecule has 0 aliphatic heterocycles. The number of hydrogen-bond acceptors (Lipinski definition) is 2. The van der Waals surface area contributed by atoms with Crippen molar-refractivity contribution in [1.29, 1.82) is 0 Å². The van der Waals surface area contributed by atoms with Crippen LogP contribution in [-0.4, -0.2) is 17.0 Å². The lowest BCUT2D eigenvalue weighted by Gasteiger charge is -2.08. The molecule has 0 aromatic carbocycles. The van der Waals surface area contributed by atoms with Crippen LogP contribution in [0.1, 0.15) is 181 Å². The maximum absolute atomic E-state index is 11.7.